The van der Waals surface area contributed by atoms with E-state index < -0.39 is 5.97 Å². The standard InChI is InChI=1S/C14H11BrN2O3/c1-8-4-10(7-16-6-8)13(18)17-12-5-9(14(19)20)2-3-11(12)15/h2-7H,1H3,(H,17,18)(H,19,20). The third-order valence-electron chi connectivity index (χ3n) is 2.60. The fourth-order valence-corrected chi connectivity index (χ4v) is 1.97. The Morgan fingerprint density at radius 3 is 2.60 bits per heavy atom. The number of hydrogen-bond donors (Lipinski definition) is 2. The summed E-state index contributed by atoms with van der Waals surface area (Å²) in [6, 6.07) is 6.13. The number of aromatic nitrogens is 1. The number of carboxylic acids is 1. The van der Waals surface area contributed by atoms with Crippen molar-refractivity contribution in [3.63, 3.8) is 0 Å². The zero-order chi connectivity index (χ0) is 14.7. The lowest BCUT2D eigenvalue weighted by Crippen LogP contribution is -2.13. The molecular formula is C14H11BrN2O3. The van der Waals surface area contributed by atoms with Gasteiger partial charge in [0.15, 0.2) is 0 Å². The van der Waals surface area contributed by atoms with E-state index in [2.05, 4.69) is 26.2 Å². The fourth-order valence-electron chi connectivity index (χ4n) is 1.63. The number of aromatic carboxylic acids is 1. The quantitative estimate of drug-likeness (QED) is 0.903. The summed E-state index contributed by atoms with van der Waals surface area (Å²) in [5.41, 5.74) is 1.79. The van der Waals surface area contributed by atoms with Gasteiger partial charge in [-0.1, -0.05) is 0 Å². The maximum absolute atomic E-state index is 12.1. The van der Waals surface area contributed by atoms with Crippen LogP contribution in [0.25, 0.3) is 0 Å². The van der Waals surface area contributed by atoms with Crippen molar-refractivity contribution in [1.82, 2.24) is 4.98 Å². The number of carbonyl (C=O) groups is 2. The number of nitrogens with zero attached hydrogens (tertiary/aromatic N) is 1. The SMILES string of the molecule is Cc1cncc(C(=O)Nc2cc(C(=O)O)ccc2Br)c1. The van der Waals surface area contributed by atoms with E-state index in [9.17, 15) is 9.59 Å². The Labute approximate surface area is 123 Å². The highest BCUT2D eigenvalue weighted by atomic mass is 79.9. The first-order valence-corrected chi connectivity index (χ1v) is 6.52. The molecule has 0 saturated carbocycles. The van der Waals surface area contributed by atoms with Gasteiger partial charge in [0.05, 0.1) is 16.8 Å². The third kappa shape index (κ3) is 3.21. The van der Waals surface area contributed by atoms with Crippen LogP contribution in [0.3, 0.4) is 0 Å². The van der Waals surface area contributed by atoms with E-state index in [1.54, 1.807) is 18.3 Å². The van der Waals surface area contributed by atoms with Gasteiger partial charge in [0, 0.05) is 16.9 Å². The Morgan fingerprint density at radius 1 is 1.20 bits per heavy atom. The zero-order valence-electron chi connectivity index (χ0n) is 10.6. The molecule has 0 bridgehead atoms. The van der Waals surface area contributed by atoms with Crippen LogP contribution in [-0.2, 0) is 0 Å². The number of aryl methyl sites for hydroxylation is 1. The van der Waals surface area contributed by atoms with E-state index in [4.69, 9.17) is 5.11 Å². The van der Waals surface area contributed by atoms with Crippen LogP contribution in [0.4, 0.5) is 5.69 Å². The minimum Gasteiger partial charge on any atom is -0.478 e. The molecule has 20 heavy (non-hydrogen) atoms. The van der Waals surface area contributed by atoms with Gasteiger partial charge in [-0.2, -0.15) is 0 Å². The highest BCUT2D eigenvalue weighted by molar-refractivity contribution is 9.10. The van der Waals surface area contributed by atoms with Gasteiger partial charge in [-0.05, 0) is 52.7 Å². The second-order valence-electron chi connectivity index (χ2n) is 4.20. The van der Waals surface area contributed by atoms with E-state index in [0.29, 0.717) is 15.7 Å². The summed E-state index contributed by atoms with van der Waals surface area (Å²) in [7, 11) is 0. The first kappa shape index (κ1) is 14.2. The van der Waals surface area contributed by atoms with E-state index in [0.717, 1.165) is 5.56 Å². The minimum atomic E-state index is -1.05. The molecule has 6 heteroatoms. The number of nitrogens with one attached hydrogen (secondary N) is 1. The van der Waals surface area contributed by atoms with E-state index in [1.807, 2.05) is 6.92 Å². The highest BCUT2D eigenvalue weighted by Crippen LogP contribution is 2.24. The Kier molecular flexibility index (Phi) is 4.14. The molecule has 0 aliphatic heterocycles. The van der Waals surface area contributed by atoms with Crippen LogP contribution in [0.2, 0.25) is 0 Å². The van der Waals surface area contributed by atoms with Crippen molar-refractivity contribution in [3.8, 4) is 0 Å². The Hall–Kier alpha value is -2.21. The van der Waals surface area contributed by atoms with E-state index in [1.165, 1.54) is 18.3 Å². The summed E-state index contributed by atoms with van der Waals surface area (Å²) in [6.07, 6.45) is 3.11. The molecule has 0 aliphatic carbocycles. The number of amides is 1. The number of anilines is 1. The average Bonchev–Trinajstić information content (AvgIpc) is 2.41. The largest absolute Gasteiger partial charge is 0.478 e. The van der Waals surface area contributed by atoms with Crippen LogP contribution in [0, 0.1) is 6.92 Å². The normalized spacial score (nSPS) is 10.1. The van der Waals surface area contributed by atoms with Crippen LogP contribution < -0.4 is 5.32 Å². The van der Waals surface area contributed by atoms with Crippen molar-refractivity contribution in [3.05, 3.63) is 57.8 Å². The summed E-state index contributed by atoms with van der Waals surface area (Å²) >= 11 is 3.27. The lowest BCUT2D eigenvalue weighted by atomic mass is 10.2. The molecule has 0 spiro atoms. The summed E-state index contributed by atoms with van der Waals surface area (Å²) in [5.74, 6) is -1.39. The predicted octanol–water partition coefficient (Wildman–Crippen LogP) is 3.10. The minimum absolute atomic E-state index is 0.103. The van der Waals surface area contributed by atoms with Crippen molar-refractivity contribution >= 4 is 33.5 Å². The molecule has 1 amide bonds. The molecule has 5 nitrogen and oxygen atoms in total. The molecule has 2 N–H and O–H groups in total. The number of pyridine rings is 1. The molecule has 0 saturated heterocycles. The summed E-state index contributed by atoms with van der Waals surface area (Å²) in [6.45, 7) is 1.84. The van der Waals surface area contributed by atoms with Gasteiger partial charge in [0.25, 0.3) is 5.91 Å². The second-order valence-corrected chi connectivity index (χ2v) is 5.06. The summed E-state index contributed by atoms with van der Waals surface area (Å²) in [4.78, 5) is 27.0. The lowest BCUT2D eigenvalue weighted by molar-refractivity contribution is 0.0696. The lowest BCUT2D eigenvalue weighted by Gasteiger charge is -2.08. The fraction of sp³-hybridized carbons (Fsp3) is 0.0714. The smallest absolute Gasteiger partial charge is 0.335 e. The molecule has 1 heterocycles. The number of carbonyl (C=O) groups excluding carboxylic acids is 1. The number of benzene rings is 1. The molecule has 0 aliphatic rings. The Bertz CT molecular complexity index is 686. The topological polar surface area (TPSA) is 79.3 Å². The number of halogens is 1. The van der Waals surface area contributed by atoms with Crippen LogP contribution in [0.15, 0.2) is 41.1 Å². The van der Waals surface area contributed by atoms with Gasteiger partial charge in [0.1, 0.15) is 0 Å². The van der Waals surface area contributed by atoms with Gasteiger partial charge >= 0.3 is 5.97 Å². The molecule has 102 valence electrons. The van der Waals surface area contributed by atoms with E-state index in [-0.39, 0.29) is 11.5 Å². The monoisotopic (exact) mass is 334 g/mol. The van der Waals surface area contributed by atoms with Crippen LogP contribution in [0.5, 0.6) is 0 Å². The second kappa shape index (κ2) is 5.83. The first-order chi connectivity index (χ1) is 9.47. The number of carboxylic acid groups (broad SMARTS) is 1. The molecule has 0 unspecified atom stereocenters. The zero-order valence-corrected chi connectivity index (χ0v) is 12.1. The molecule has 0 fully saturated rings. The molecule has 2 rings (SSSR count). The van der Waals surface area contributed by atoms with Crippen molar-refractivity contribution in [1.29, 1.82) is 0 Å². The molecular weight excluding hydrogens is 324 g/mol. The highest BCUT2D eigenvalue weighted by Gasteiger charge is 2.11. The van der Waals surface area contributed by atoms with Crippen molar-refractivity contribution in [2.75, 3.05) is 5.32 Å². The van der Waals surface area contributed by atoms with Crippen LogP contribution in [-0.4, -0.2) is 22.0 Å². The van der Waals surface area contributed by atoms with Gasteiger partial charge in [0.2, 0.25) is 0 Å². The predicted molar refractivity (Wildman–Crippen MR) is 78.0 cm³/mol. The summed E-state index contributed by atoms with van der Waals surface area (Å²) in [5, 5.41) is 11.6. The van der Waals surface area contributed by atoms with Gasteiger partial charge in [-0.15, -0.1) is 0 Å². The van der Waals surface area contributed by atoms with E-state index >= 15 is 0 Å². The van der Waals surface area contributed by atoms with Crippen molar-refractivity contribution in [2.45, 2.75) is 6.92 Å². The maximum atomic E-state index is 12.1. The van der Waals surface area contributed by atoms with Crippen LogP contribution >= 0.6 is 15.9 Å². The first-order valence-electron chi connectivity index (χ1n) is 5.73. The molecule has 0 atom stereocenters. The molecule has 1 aromatic carbocycles. The van der Waals surface area contributed by atoms with Gasteiger partial charge in [-0.25, -0.2) is 4.79 Å². The Morgan fingerprint density at radius 2 is 1.95 bits per heavy atom. The molecule has 2 aromatic rings. The maximum Gasteiger partial charge on any atom is 0.335 e. The van der Waals surface area contributed by atoms with Gasteiger partial charge < -0.3 is 10.4 Å². The number of hydrogen-bond acceptors (Lipinski definition) is 3. The Balaban J connectivity index is 2.27. The summed E-state index contributed by atoms with van der Waals surface area (Å²) < 4.78 is 0.608. The van der Waals surface area contributed by atoms with Crippen molar-refractivity contribution < 1.29 is 14.7 Å². The average molecular weight is 335 g/mol. The van der Waals surface area contributed by atoms with Crippen LogP contribution in [0.1, 0.15) is 26.3 Å². The van der Waals surface area contributed by atoms with Crippen molar-refractivity contribution in [2.24, 2.45) is 0 Å². The van der Waals surface area contributed by atoms with Gasteiger partial charge in [-0.3, -0.25) is 9.78 Å². The number of rotatable bonds is 3. The molecule has 1 aromatic heterocycles. The third-order valence-corrected chi connectivity index (χ3v) is 3.29. The molecule has 0 radical (unpaired) electrons.